The van der Waals surface area contributed by atoms with Gasteiger partial charge in [0.25, 0.3) is 0 Å². The third kappa shape index (κ3) is 17.0. The van der Waals surface area contributed by atoms with Crippen LogP contribution in [0.4, 0.5) is 47.7 Å². The van der Waals surface area contributed by atoms with E-state index in [9.17, 15) is 27.6 Å². The minimum Gasteiger partial charge on any atom is -0.359 e. The molecule has 3 atom stereocenters. The minimum absolute atomic E-state index is 0. The molecule has 0 spiro atoms. The molecule has 3 fully saturated rings. The lowest BCUT2D eigenvalue weighted by Gasteiger charge is -2.32. The van der Waals surface area contributed by atoms with Crippen LogP contribution in [0.15, 0.2) is 146 Å². The van der Waals surface area contributed by atoms with E-state index in [4.69, 9.17) is 29.6 Å². The predicted octanol–water partition coefficient (Wildman–Crippen LogP) is 14.9. The van der Waals surface area contributed by atoms with Gasteiger partial charge in [-0.25, -0.2) is 32.4 Å². The smallest absolute Gasteiger partial charge is 0.231 e. The number of anilines is 3. The molecular weight excluding hydrogens is 1200 g/mol. The van der Waals surface area contributed by atoms with Gasteiger partial charge >= 0.3 is 0 Å². The van der Waals surface area contributed by atoms with Gasteiger partial charge in [-0.2, -0.15) is 15.3 Å². The molecule has 476 valence electrons. The summed E-state index contributed by atoms with van der Waals surface area (Å²) in [6, 6.07) is 31.7. The van der Waals surface area contributed by atoms with Crippen molar-refractivity contribution in [1.29, 1.82) is 0 Å². The number of benzene rings is 3. The molecule has 0 radical (unpaired) electrons. The summed E-state index contributed by atoms with van der Waals surface area (Å²) in [4.78, 5) is 66.3. The Hall–Kier alpha value is -10.4. The highest BCUT2D eigenvalue weighted by Gasteiger charge is 2.35. The monoisotopic (exact) mass is 1270 g/mol. The Morgan fingerprint density at radius 3 is 1.28 bits per heavy atom. The number of carbonyl (C=O) groups is 3. The first-order valence-electron chi connectivity index (χ1n) is 30.5. The van der Waals surface area contributed by atoms with Gasteiger partial charge < -0.3 is 4.74 Å². The number of nitrogens with zero attached hydrogens (tertiary/aromatic N) is 13. The second-order valence-electron chi connectivity index (χ2n) is 24.0. The summed E-state index contributed by atoms with van der Waals surface area (Å²) in [5, 5.41) is 19.3. The van der Waals surface area contributed by atoms with Crippen molar-refractivity contribution < 1.29 is 32.3 Å². The van der Waals surface area contributed by atoms with Crippen molar-refractivity contribution in [3.8, 4) is 33.8 Å². The van der Waals surface area contributed by atoms with E-state index >= 15 is 0 Å². The normalized spacial score (nSPS) is 16.4. The molecule has 3 aromatic carbocycles. The van der Waals surface area contributed by atoms with Gasteiger partial charge in [-0.05, 0) is 135 Å². The van der Waals surface area contributed by atoms with Crippen molar-refractivity contribution in [2.45, 2.75) is 97.6 Å². The fourth-order valence-electron chi connectivity index (χ4n) is 11.4. The number of aromatic nitrogens is 9. The van der Waals surface area contributed by atoms with Gasteiger partial charge in [0, 0.05) is 124 Å². The molecule has 3 aliphatic heterocycles. The van der Waals surface area contributed by atoms with E-state index < -0.39 is 25.5 Å². The molecule has 0 saturated carbocycles. The number of hydrogen-bond donors (Lipinski definition) is 2. The number of H-pyrrole nitrogens is 2. The maximum absolute atomic E-state index is 14.1. The lowest BCUT2D eigenvalue weighted by Crippen LogP contribution is -2.43. The Kier molecular flexibility index (Phi) is 22.4. The maximum Gasteiger partial charge on any atom is 0.231 e. The Balaban J connectivity index is 0.000000165. The van der Waals surface area contributed by atoms with Crippen LogP contribution in [0.5, 0.6) is 0 Å². The zero-order valence-electron chi connectivity index (χ0n) is 51.3. The molecule has 0 aliphatic carbocycles. The van der Waals surface area contributed by atoms with Gasteiger partial charge in [0.15, 0.2) is 11.6 Å². The number of pyridine rings is 3. The molecule has 93 heavy (non-hydrogen) atoms. The molecule has 9 heterocycles. The van der Waals surface area contributed by atoms with E-state index in [1.54, 1.807) is 74.8 Å². The third-order valence-corrected chi connectivity index (χ3v) is 18.1. The van der Waals surface area contributed by atoms with Gasteiger partial charge in [0.1, 0.15) is 30.0 Å². The van der Waals surface area contributed by atoms with Crippen LogP contribution in [0.3, 0.4) is 0 Å². The topological polar surface area (TPSA) is 197 Å². The second kappa shape index (κ2) is 31.1. The van der Waals surface area contributed by atoms with Crippen LogP contribution in [0.1, 0.15) is 62.6 Å². The molecule has 3 saturated heterocycles. The van der Waals surface area contributed by atoms with Crippen LogP contribution in [-0.4, -0.2) is 97.2 Å². The van der Waals surface area contributed by atoms with Crippen LogP contribution in [0, 0.1) is 54.9 Å². The van der Waals surface area contributed by atoms with Crippen LogP contribution in [0.25, 0.3) is 48.3 Å². The first-order chi connectivity index (χ1) is 44.6. The number of piperidine rings is 3. The van der Waals surface area contributed by atoms with Gasteiger partial charge in [0.2, 0.25) is 34.8 Å². The Morgan fingerprint density at radius 1 is 0.527 bits per heavy atom. The average molecular weight is 1270 g/mol. The van der Waals surface area contributed by atoms with Gasteiger partial charge in [-0.1, -0.05) is 63.5 Å². The third-order valence-electron chi connectivity index (χ3n) is 16.4. The molecule has 3 amide bonds. The lowest BCUT2D eigenvalue weighted by molar-refractivity contribution is -0.124. The van der Waals surface area contributed by atoms with E-state index in [0.717, 1.165) is 95.0 Å². The molecule has 9 aromatic rings. The fraction of sp³-hybridized carbons (Fsp3) is 0.314. The van der Waals surface area contributed by atoms with Crippen molar-refractivity contribution in [1.82, 2.24) is 45.1 Å². The minimum atomic E-state index is -1.23. The zero-order valence-corrected chi connectivity index (χ0v) is 52.3. The number of rotatable bonds is 17. The number of ether oxygens (including phenoxy) is 1. The molecule has 1 unspecified atom stereocenters. The molecule has 23 heteroatoms. The summed E-state index contributed by atoms with van der Waals surface area (Å²) in [5.74, 6) is -0.463. The fourth-order valence-corrected chi connectivity index (χ4v) is 12.2. The second-order valence-corrected chi connectivity index (χ2v) is 29.6. The molecule has 0 bridgehead atoms. The van der Waals surface area contributed by atoms with Gasteiger partial charge in [0.05, 0.1) is 36.8 Å². The van der Waals surface area contributed by atoms with Crippen LogP contribution in [-0.2, 0) is 45.1 Å². The first-order valence-corrected chi connectivity index (χ1v) is 34.2. The molecular formula is C70H72F3N15O4Si. The maximum atomic E-state index is 14.1. The van der Waals surface area contributed by atoms with Crippen LogP contribution < -0.4 is 14.7 Å². The molecule has 6 aromatic heterocycles. The number of nitrogens with one attached hydrogen (secondary N) is 2. The average Bonchev–Trinajstić information content (AvgIpc) is 1.93. The molecule has 19 nitrogen and oxygen atoms in total. The highest BCUT2D eigenvalue weighted by molar-refractivity contribution is 6.76. The highest BCUT2D eigenvalue weighted by Crippen LogP contribution is 2.34. The van der Waals surface area contributed by atoms with Crippen molar-refractivity contribution in [2.24, 2.45) is 17.8 Å². The zero-order chi connectivity index (χ0) is 64.7. The summed E-state index contributed by atoms with van der Waals surface area (Å²) in [6.07, 6.45) is 16.4. The summed E-state index contributed by atoms with van der Waals surface area (Å²) in [5.41, 5.74) is 7.40. The predicted molar refractivity (Wildman–Crippen MR) is 354 cm³/mol. The highest BCUT2D eigenvalue weighted by atomic mass is 28.3. The number of halogens is 3. The standard InChI is InChI=1S/C27H32FN5O2Si.2C21H18FN5O.CH4/c1-29-24-8-7-20(17-23(24)28)16-22-6-5-13-32(27(22)34)26-18-25(21-9-11-30-12-10-21)31-33(26)19-35-14-15-36(2,3)4;2*1-23-18-5-4-14(12-17(18)22)11-16-3-2-10-27(21(16)28)20-13-19(25-26-20)15-6-8-24-9-7-15;/h7-12,17-18,22H,5-6,13-16,19H2,2-4H3;2*4-9,12-13,16H,2-3,10-11H2,(H,25,26);1H4/t;2*16-;/m.10./s1. The number of carbonyl (C=O) groups excluding carboxylic acids is 3. The Bertz CT molecular complexity index is 4010. The van der Waals surface area contributed by atoms with Crippen LogP contribution >= 0.6 is 0 Å². The van der Waals surface area contributed by atoms with Crippen molar-refractivity contribution in [3.63, 3.8) is 0 Å². The number of aromatic amines is 2. The van der Waals surface area contributed by atoms with E-state index in [2.05, 4.69) is 69.5 Å². The molecule has 12 rings (SSSR count). The van der Waals surface area contributed by atoms with E-state index in [0.29, 0.717) is 63.0 Å². The van der Waals surface area contributed by atoms with Crippen molar-refractivity contribution in [2.75, 3.05) is 40.9 Å². The van der Waals surface area contributed by atoms with E-state index in [1.807, 2.05) is 54.6 Å². The SMILES string of the molecule is C.[C-]#[N+]c1ccc(CC2CCCN(c3cc(-c4ccncc4)nn3COCC[Si](C)(C)C)C2=O)cc1F.[C-]#[N+]c1ccc(C[C@@H]2CCCN(c3cc(-c4ccncc4)[nH]n3)C2=O)cc1F.[C-]#[N+]c1ccc(C[C@H]2CCCN(c3cc(-c4ccncc4)[nH]n3)C2=O)cc1F. The Labute approximate surface area is 540 Å². The molecule has 3 aliphatic rings. The Morgan fingerprint density at radius 2 is 0.903 bits per heavy atom. The van der Waals surface area contributed by atoms with E-state index in [1.165, 1.54) is 36.4 Å². The molecule has 2 N–H and O–H groups in total. The quantitative estimate of drug-likeness (QED) is 0.0503. The lowest BCUT2D eigenvalue weighted by atomic mass is 9.90. The van der Waals surface area contributed by atoms with Crippen molar-refractivity contribution in [3.05, 3.63) is 215 Å². The summed E-state index contributed by atoms with van der Waals surface area (Å²) in [7, 11) is -1.23. The summed E-state index contributed by atoms with van der Waals surface area (Å²) in [6.45, 7) is 30.6. The van der Waals surface area contributed by atoms with Crippen LogP contribution in [0.2, 0.25) is 25.7 Å². The number of amides is 3. The van der Waals surface area contributed by atoms with Gasteiger partial charge in [-0.3, -0.25) is 54.2 Å². The summed E-state index contributed by atoms with van der Waals surface area (Å²) >= 11 is 0. The number of hydrogen-bond acceptors (Lipinski definition) is 10. The van der Waals surface area contributed by atoms with E-state index in [-0.39, 0.29) is 66.7 Å². The van der Waals surface area contributed by atoms with Crippen molar-refractivity contribution >= 4 is 60.3 Å². The largest absolute Gasteiger partial charge is 0.359 e. The van der Waals surface area contributed by atoms with Gasteiger partial charge in [-0.15, -0.1) is 0 Å². The summed E-state index contributed by atoms with van der Waals surface area (Å²) < 4.78 is 49.7. The first kappa shape index (κ1) is 67.0.